The summed E-state index contributed by atoms with van der Waals surface area (Å²) in [7, 11) is 0. The molecule has 8 heteroatoms. The molecular formula is C18H25N7O. The second-order valence-electron chi connectivity index (χ2n) is 6.30. The molecule has 0 saturated heterocycles. The number of carbonyl (C=O) groups is 1. The summed E-state index contributed by atoms with van der Waals surface area (Å²) in [6.45, 7) is 7.81. The zero-order valence-corrected chi connectivity index (χ0v) is 15.4. The molecule has 0 radical (unpaired) electrons. The van der Waals surface area contributed by atoms with E-state index < -0.39 is 0 Å². The third kappa shape index (κ3) is 3.84. The van der Waals surface area contributed by atoms with Crippen LogP contribution in [0.15, 0.2) is 30.9 Å². The molecule has 2 amide bonds. The summed E-state index contributed by atoms with van der Waals surface area (Å²) in [4.78, 5) is 21.0. The summed E-state index contributed by atoms with van der Waals surface area (Å²) >= 11 is 0. The molecule has 138 valence electrons. The smallest absolute Gasteiger partial charge is 0.319 e. The van der Waals surface area contributed by atoms with E-state index in [1.165, 1.54) is 6.33 Å². The van der Waals surface area contributed by atoms with Gasteiger partial charge in [0.15, 0.2) is 0 Å². The van der Waals surface area contributed by atoms with Gasteiger partial charge in [0.2, 0.25) is 0 Å². The molecule has 2 aromatic heterocycles. The minimum Gasteiger partial charge on any atom is -0.331 e. The standard InChI is InChI=1S/C18H25N7O/c1-4-8-24-12-20-15-10-14(6-7-16(15)24)23-18(26)22-13(3)17-19-11-21-25(17)9-5-2/h6-7,10-13H,4-5,8-9H2,1-3H3,(H2,22,23,26)/t13-/m0/s1. The van der Waals surface area contributed by atoms with Crippen LogP contribution in [0.25, 0.3) is 11.0 Å². The zero-order valence-electron chi connectivity index (χ0n) is 15.4. The normalized spacial score (nSPS) is 12.3. The van der Waals surface area contributed by atoms with Gasteiger partial charge in [-0.2, -0.15) is 5.10 Å². The molecular weight excluding hydrogens is 330 g/mol. The first-order valence-electron chi connectivity index (χ1n) is 9.02. The number of aromatic nitrogens is 5. The molecule has 0 spiro atoms. The van der Waals surface area contributed by atoms with E-state index in [1.54, 1.807) is 0 Å². The monoisotopic (exact) mass is 355 g/mol. The highest BCUT2D eigenvalue weighted by Gasteiger charge is 2.15. The summed E-state index contributed by atoms with van der Waals surface area (Å²) < 4.78 is 3.93. The Morgan fingerprint density at radius 1 is 1.19 bits per heavy atom. The van der Waals surface area contributed by atoms with Crippen LogP contribution in [0.4, 0.5) is 10.5 Å². The van der Waals surface area contributed by atoms with Gasteiger partial charge in [-0.3, -0.25) is 0 Å². The van der Waals surface area contributed by atoms with Gasteiger partial charge in [0, 0.05) is 18.8 Å². The van der Waals surface area contributed by atoms with E-state index in [2.05, 4.69) is 44.1 Å². The molecule has 3 rings (SSSR count). The first-order valence-corrected chi connectivity index (χ1v) is 9.02. The third-order valence-corrected chi connectivity index (χ3v) is 4.16. The minimum atomic E-state index is -0.282. The number of hydrogen-bond acceptors (Lipinski definition) is 4. The average Bonchev–Trinajstić information content (AvgIpc) is 3.22. The number of imidazole rings is 1. The third-order valence-electron chi connectivity index (χ3n) is 4.16. The van der Waals surface area contributed by atoms with Crippen LogP contribution >= 0.6 is 0 Å². The van der Waals surface area contributed by atoms with Crippen molar-refractivity contribution in [1.82, 2.24) is 29.6 Å². The molecule has 26 heavy (non-hydrogen) atoms. The van der Waals surface area contributed by atoms with E-state index in [1.807, 2.05) is 36.1 Å². The first-order chi connectivity index (χ1) is 12.6. The quantitative estimate of drug-likeness (QED) is 0.680. The van der Waals surface area contributed by atoms with Crippen molar-refractivity contribution in [2.45, 2.75) is 52.7 Å². The number of aryl methyl sites for hydroxylation is 2. The predicted molar refractivity (Wildman–Crippen MR) is 101 cm³/mol. The van der Waals surface area contributed by atoms with Crippen LogP contribution in [0, 0.1) is 0 Å². The van der Waals surface area contributed by atoms with Gasteiger partial charge in [0.05, 0.1) is 23.4 Å². The van der Waals surface area contributed by atoms with E-state index >= 15 is 0 Å². The maximum Gasteiger partial charge on any atom is 0.319 e. The van der Waals surface area contributed by atoms with Crippen molar-refractivity contribution in [3.05, 3.63) is 36.7 Å². The fourth-order valence-electron chi connectivity index (χ4n) is 2.98. The molecule has 2 heterocycles. The fourth-order valence-corrected chi connectivity index (χ4v) is 2.98. The van der Waals surface area contributed by atoms with Crippen LogP contribution in [-0.2, 0) is 13.1 Å². The molecule has 3 aromatic rings. The molecule has 0 unspecified atom stereocenters. The number of nitrogens with one attached hydrogen (secondary N) is 2. The maximum absolute atomic E-state index is 12.3. The summed E-state index contributed by atoms with van der Waals surface area (Å²) in [6, 6.07) is 5.23. The molecule has 1 aromatic carbocycles. The molecule has 0 aliphatic carbocycles. The molecule has 0 bridgehead atoms. The van der Waals surface area contributed by atoms with Crippen LogP contribution in [0.1, 0.15) is 45.5 Å². The van der Waals surface area contributed by atoms with Crippen molar-refractivity contribution in [2.75, 3.05) is 5.32 Å². The Kier molecular flexibility index (Phi) is 5.50. The van der Waals surface area contributed by atoms with Crippen LogP contribution in [0.3, 0.4) is 0 Å². The number of carbonyl (C=O) groups excluding carboxylic acids is 1. The van der Waals surface area contributed by atoms with Crippen LogP contribution in [-0.4, -0.2) is 30.3 Å². The summed E-state index contributed by atoms with van der Waals surface area (Å²) in [5.74, 6) is 0.746. The van der Waals surface area contributed by atoms with E-state index in [4.69, 9.17) is 0 Å². The van der Waals surface area contributed by atoms with Crippen molar-refractivity contribution in [3.63, 3.8) is 0 Å². The van der Waals surface area contributed by atoms with Crippen LogP contribution < -0.4 is 10.6 Å². The van der Waals surface area contributed by atoms with Gasteiger partial charge < -0.3 is 15.2 Å². The number of nitrogens with zero attached hydrogens (tertiary/aromatic N) is 5. The van der Waals surface area contributed by atoms with E-state index in [0.717, 1.165) is 42.8 Å². The van der Waals surface area contributed by atoms with Crippen molar-refractivity contribution in [2.24, 2.45) is 0 Å². The zero-order chi connectivity index (χ0) is 18.5. The summed E-state index contributed by atoms with van der Waals surface area (Å²) in [5.41, 5.74) is 2.64. The van der Waals surface area contributed by atoms with Gasteiger partial charge in [-0.1, -0.05) is 13.8 Å². The Balaban J connectivity index is 1.66. The van der Waals surface area contributed by atoms with Crippen molar-refractivity contribution < 1.29 is 4.79 Å². The lowest BCUT2D eigenvalue weighted by Crippen LogP contribution is -2.32. The van der Waals surface area contributed by atoms with Crippen LogP contribution in [0.2, 0.25) is 0 Å². The molecule has 1 atom stereocenters. The molecule has 8 nitrogen and oxygen atoms in total. The highest BCUT2D eigenvalue weighted by Crippen LogP contribution is 2.19. The van der Waals surface area contributed by atoms with E-state index in [-0.39, 0.29) is 12.1 Å². The number of amides is 2. The lowest BCUT2D eigenvalue weighted by atomic mass is 10.2. The summed E-state index contributed by atoms with van der Waals surface area (Å²) in [5, 5.41) is 9.96. The van der Waals surface area contributed by atoms with E-state index in [9.17, 15) is 4.79 Å². The highest BCUT2D eigenvalue weighted by molar-refractivity contribution is 5.92. The second kappa shape index (κ2) is 7.99. The summed E-state index contributed by atoms with van der Waals surface area (Å²) in [6.07, 6.45) is 5.36. The number of urea groups is 1. The highest BCUT2D eigenvalue weighted by atomic mass is 16.2. The topological polar surface area (TPSA) is 89.7 Å². The maximum atomic E-state index is 12.3. The second-order valence-corrected chi connectivity index (χ2v) is 6.30. The number of anilines is 1. The largest absolute Gasteiger partial charge is 0.331 e. The number of fused-ring (bicyclic) bond motifs is 1. The van der Waals surface area contributed by atoms with Gasteiger partial charge in [0.1, 0.15) is 12.2 Å². The molecule has 0 fully saturated rings. The van der Waals surface area contributed by atoms with Crippen LogP contribution in [0.5, 0.6) is 0 Å². The van der Waals surface area contributed by atoms with Crippen molar-refractivity contribution >= 4 is 22.8 Å². The Bertz CT molecular complexity index is 883. The van der Waals surface area contributed by atoms with Crippen molar-refractivity contribution in [3.8, 4) is 0 Å². The SMILES string of the molecule is CCCn1ncnc1[C@H](C)NC(=O)Nc1ccc2c(c1)ncn2CCC. The number of benzene rings is 1. The minimum absolute atomic E-state index is 0.239. The predicted octanol–water partition coefficient (Wildman–Crippen LogP) is 3.33. The Labute approximate surface area is 152 Å². The Morgan fingerprint density at radius 3 is 2.77 bits per heavy atom. The van der Waals surface area contributed by atoms with Gasteiger partial charge in [-0.05, 0) is 38.0 Å². The lowest BCUT2D eigenvalue weighted by Gasteiger charge is -2.15. The van der Waals surface area contributed by atoms with Gasteiger partial charge in [-0.15, -0.1) is 0 Å². The van der Waals surface area contributed by atoms with Gasteiger partial charge in [0.25, 0.3) is 0 Å². The molecule has 0 aliphatic rings. The molecule has 2 N–H and O–H groups in total. The average molecular weight is 355 g/mol. The van der Waals surface area contributed by atoms with E-state index in [0.29, 0.717) is 5.69 Å². The Morgan fingerprint density at radius 2 is 2.00 bits per heavy atom. The van der Waals surface area contributed by atoms with Gasteiger partial charge >= 0.3 is 6.03 Å². The Hall–Kier alpha value is -2.90. The van der Waals surface area contributed by atoms with Gasteiger partial charge in [-0.25, -0.2) is 19.4 Å². The number of rotatable bonds is 7. The fraction of sp³-hybridized carbons (Fsp3) is 0.444. The lowest BCUT2D eigenvalue weighted by molar-refractivity contribution is 0.248. The number of hydrogen-bond donors (Lipinski definition) is 2. The van der Waals surface area contributed by atoms with Crippen molar-refractivity contribution in [1.29, 1.82) is 0 Å². The molecule has 0 aliphatic heterocycles. The molecule has 0 saturated carbocycles. The first kappa shape index (κ1) is 17.9.